The molecule has 1 unspecified atom stereocenters. The van der Waals surface area contributed by atoms with E-state index in [1.807, 2.05) is 60.7 Å². The highest BCUT2D eigenvalue weighted by atomic mass is 31.2. The molecule has 0 fully saturated rings. The Morgan fingerprint density at radius 2 is 1.42 bits per heavy atom. The first kappa shape index (κ1) is 20.4. The summed E-state index contributed by atoms with van der Waals surface area (Å²) in [4.78, 5) is 21.8. The lowest BCUT2D eigenvalue weighted by Crippen LogP contribution is -2.05. The van der Waals surface area contributed by atoms with E-state index in [-0.39, 0.29) is 25.2 Å². The van der Waals surface area contributed by atoms with Crippen LogP contribution in [0.1, 0.15) is 36.8 Å². The van der Waals surface area contributed by atoms with E-state index >= 15 is 0 Å². The van der Waals surface area contributed by atoms with Gasteiger partial charge in [0.2, 0.25) is 7.37 Å². The third-order valence-electron chi connectivity index (χ3n) is 4.20. The molecular weight excluding hydrogens is 347 g/mol. The maximum Gasteiger partial charge on any atom is 0.306 e. The lowest BCUT2D eigenvalue weighted by molar-refractivity contribution is -0.145. The number of esters is 1. The molecule has 0 saturated heterocycles. The Hall–Kier alpha value is -1.90. The van der Waals surface area contributed by atoms with E-state index in [4.69, 9.17) is 4.74 Å². The Morgan fingerprint density at radius 1 is 0.846 bits per heavy atom. The van der Waals surface area contributed by atoms with Crippen LogP contribution in [0.5, 0.6) is 0 Å². The molecule has 0 aliphatic rings. The number of unbranched alkanes of at least 4 members (excludes halogenated alkanes) is 1. The van der Waals surface area contributed by atoms with Crippen molar-refractivity contribution in [3.05, 3.63) is 71.8 Å². The molecule has 2 rings (SSSR count). The van der Waals surface area contributed by atoms with Gasteiger partial charge in [-0.3, -0.25) is 9.36 Å². The predicted octanol–water partition coefficient (Wildman–Crippen LogP) is 4.80. The topological polar surface area (TPSA) is 63.6 Å². The number of hydrogen-bond donors (Lipinski definition) is 1. The number of carbonyl (C=O) groups is 1. The summed E-state index contributed by atoms with van der Waals surface area (Å²) < 4.78 is 17.4. The van der Waals surface area contributed by atoms with Gasteiger partial charge in [0, 0.05) is 18.7 Å². The van der Waals surface area contributed by atoms with Gasteiger partial charge in [-0.05, 0) is 36.8 Å². The Kier molecular flexibility index (Phi) is 8.60. The minimum Gasteiger partial charge on any atom is -0.461 e. The lowest BCUT2D eigenvalue weighted by Gasteiger charge is -2.11. The molecule has 0 bridgehead atoms. The molecule has 2 aromatic rings. The number of aryl methyl sites for hydroxylation is 1. The standard InChI is InChI=1S/C21H27O4P/c22-21(25-18-20-12-5-2-6-13-20)15-7-8-16-26(23,24)17-9-14-19-10-3-1-4-11-19/h1-6,10-13H,7-9,14-18H2,(H,23,24). The fourth-order valence-electron chi connectivity index (χ4n) is 2.73. The molecule has 0 radical (unpaired) electrons. The molecule has 0 amide bonds. The highest BCUT2D eigenvalue weighted by Crippen LogP contribution is 2.42. The SMILES string of the molecule is O=C(CCCCP(=O)(O)CCCc1ccccc1)OCc1ccccc1. The lowest BCUT2D eigenvalue weighted by atomic mass is 10.1. The van der Waals surface area contributed by atoms with Crippen molar-refractivity contribution >= 4 is 13.3 Å². The van der Waals surface area contributed by atoms with Crippen LogP contribution in [0, 0.1) is 0 Å². The van der Waals surface area contributed by atoms with Gasteiger partial charge < -0.3 is 9.63 Å². The quantitative estimate of drug-likeness (QED) is 0.348. The number of hydrogen-bond acceptors (Lipinski definition) is 3. The predicted molar refractivity (Wildman–Crippen MR) is 104 cm³/mol. The highest BCUT2D eigenvalue weighted by Gasteiger charge is 2.17. The molecule has 2 aromatic carbocycles. The van der Waals surface area contributed by atoms with Gasteiger partial charge in [0.05, 0.1) is 0 Å². The van der Waals surface area contributed by atoms with Crippen LogP contribution in [0.3, 0.4) is 0 Å². The first-order chi connectivity index (χ1) is 12.6. The van der Waals surface area contributed by atoms with E-state index in [2.05, 4.69) is 0 Å². The Bertz CT molecular complexity index is 700. The van der Waals surface area contributed by atoms with Crippen LogP contribution in [-0.2, 0) is 27.1 Å². The number of benzene rings is 2. The van der Waals surface area contributed by atoms with Crippen molar-refractivity contribution < 1.29 is 19.0 Å². The summed E-state index contributed by atoms with van der Waals surface area (Å²) in [5, 5.41) is 0. The van der Waals surface area contributed by atoms with Crippen LogP contribution < -0.4 is 0 Å². The molecular formula is C21H27O4P. The van der Waals surface area contributed by atoms with Gasteiger partial charge in [-0.2, -0.15) is 0 Å². The normalized spacial score (nSPS) is 13.1. The maximum atomic E-state index is 12.2. The van der Waals surface area contributed by atoms with Gasteiger partial charge in [0.15, 0.2) is 0 Å². The molecule has 0 heterocycles. The number of rotatable bonds is 11. The van der Waals surface area contributed by atoms with Crippen molar-refractivity contribution in [3.8, 4) is 0 Å². The zero-order valence-corrected chi connectivity index (χ0v) is 15.9. The molecule has 0 spiro atoms. The average Bonchev–Trinajstić information content (AvgIpc) is 2.65. The summed E-state index contributed by atoms with van der Waals surface area (Å²) in [6.07, 6.45) is 3.56. The number of carbonyl (C=O) groups excluding carboxylic acids is 1. The van der Waals surface area contributed by atoms with E-state index in [1.54, 1.807) is 0 Å². The Morgan fingerprint density at radius 3 is 2.08 bits per heavy atom. The van der Waals surface area contributed by atoms with Crippen LogP contribution in [0.15, 0.2) is 60.7 Å². The smallest absolute Gasteiger partial charge is 0.306 e. The molecule has 0 aliphatic heterocycles. The van der Waals surface area contributed by atoms with Gasteiger partial charge >= 0.3 is 5.97 Å². The van der Waals surface area contributed by atoms with Crippen molar-refractivity contribution in [1.29, 1.82) is 0 Å². The van der Waals surface area contributed by atoms with Gasteiger partial charge in [-0.15, -0.1) is 0 Å². The minimum atomic E-state index is -3.10. The first-order valence-electron chi connectivity index (χ1n) is 9.09. The summed E-state index contributed by atoms with van der Waals surface area (Å²) in [5.74, 6) is -0.259. The molecule has 0 aromatic heterocycles. The van der Waals surface area contributed by atoms with Gasteiger partial charge in [-0.25, -0.2) is 0 Å². The van der Waals surface area contributed by atoms with Crippen molar-refractivity contribution in [1.82, 2.24) is 0 Å². The maximum absolute atomic E-state index is 12.2. The van der Waals surface area contributed by atoms with E-state index in [0.29, 0.717) is 25.4 Å². The van der Waals surface area contributed by atoms with Crippen LogP contribution in [0.25, 0.3) is 0 Å². The Labute approximate surface area is 155 Å². The molecule has 0 saturated carbocycles. The molecule has 4 nitrogen and oxygen atoms in total. The summed E-state index contributed by atoms with van der Waals surface area (Å²) in [7, 11) is -3.10. The van der Waals surface area contributed by atoms with Crippen LogP contribution >= 0.6 is 7.37 Å². The van der Waals surface area contributed by atoms with Crippen molar-refractivity contribution in [2.24, 2.45) is 0 Å². The highest BCUT2D eigenvalue weighted by molar-refractivity contribution is 7.57. The largest absolute Gasteiger partial charge is 0.461 e. The van der Waals surface area contributed by atoms with Crippen molar-refractivity contribution in [2.45, 2.75) is 38.7 Å². The van der Waals surface area contributed by atoms with Crippen LogP contribution in [0.4, 0.5) is 0 Å². The average molecular weight is 374 g/mol. The molecule has 1 atom stereocenters. The fraction of sp³-hybridized carbons (Fsp3) is 0.381. The molecule has 5 heteroatoms. The zero-order chi connectivity index (χ0) is 18.7. The van der Waals surface area contributed by atoms with Crippen LogP contribution in [0.2, 0.25) is 0 Å². The number of ether oxygens (including phenoxy) is 1. The Balaban J connectivity index is 1.56. The van der Waals surface area contributed by atoms with E-state index in [1.165, 1.54) is 5.56 Å². The van der Waals surface area contributed by atoms with Gasteiger partial charge in [0.1, 0.15) is 6.61 Å². The molecule has 1 N–H and O–H groups in total. The summed E-state index contributed by atoms with van der Waals surface area (Å²) in [6, 6.07) is 19.5. The fourth-order valence-corrected chi connectivity index (χ4v) is 4.32. The summed E-state index contributed by atoms with van der Waals surface area (Å²) >= 11 is 0. The minimum absolute atomic E-state index is 0.259. The zero-order valence-electron chi connectivity index (χ0n) is 15.0. The van der Waals surface area contributed by atoms with Crippen molar-refractivity contribution in [3.63, 3.8) is 0 Å². The second kappa shape index (κ2) is 10.9. The molecule has 26 heavy (non-hydrogen) atoms. The summed E-state index contributed by atoms with van der Waals surface area (Å²) in [6.45, 7) is 0.275. The molecule has 0 aliphatic carbocycles. The molecule has 140 valence electrons. The second-order valence-corrected chi connectivity index (χ2v) is 9.07. The van der Waals surface area contributed by atoms with Gasteiger partial charge in [0.25, 0.3) is 0 Å². The van der Waals surface area contributed by atoms with E-state index in [9.17, 15) is 14.3 Å². The van der Waals surface area contributed by atoms with E-state index < -0.39 is 7.37 Å². The monoisotopic (exact) mass is 374 g/mol. The van der Waals surface area contributed by atoms with Crippen molar-refractivity contribution in [2.75, 3.05) is 12.3 Å². The van der Waals surface area contributed by atoms with E-state index in [0.717, 1.165) is 12.0 Å². The third-order valence-corrected chi connectivity index (χ3v) is 6.23. The van der Waals surface area contributed by atoms with Crippen LogP contribution in [-0.4, -0.2) is 23.2 Å². The first-order valence-corrected chi connectivity index (χ1v) is 11.1. The van der Waals surface area contributed by atoms with Gasteiger partial charge in [-0.1, -0.05) is 60.7 Å². The third kappa shape index (κ3) is 8.46. The second-order valence-electron chi connectivity index (χ2n) is 6.49. The summed E-state index contributed by atoms with van der Waals surface area (Å²) in [5.41, 5.74) is 2.15.